The molecule has 1 aliphatic heterocycles. The lowest BCUT2D eigenvalue weighted by molar-refractivity contribution is -0.122. The topological polar surface area (TPSA) is 29.1 Å². The van der Waals surface area contributed by atoms with Gasteiger partial charge in [0.2, 0.25) is 5.91 Å². The largest absolute Gasteiger partial charge is 0.355 e. The van der Waals surface area contributed by atoms with E-state index in [0.717, 1.165) is 13.0 Å². The van der Waals surface area contributed by atoms with E-state index in [4.69, 9.17) is 0 Å². The zero-order valence-corrected chi connectivity index (χ0v) is 6.32. The summed E-state index contributed by atoms with van der Waals surface area (Å²) in [6.45, 7) is 2.93. The SMILES string of the molecule is CC1CNC(=O)[C@H](S)C1. The second-order valence-electron chi connectivity index (χ2n) is 2.60. The molecule has 0 aromatic heterocycles. The van der Waals surface area contributed by atoms with Gasteiger partial charge >= 0.3 is 0 Å². The molecule has 0 aromatic rings. The molecular weight excluding hydrogens is 134 g/mol. The van der Waals surface area contributed by atoms with Crippen molar-refractivity contribution in [3.63, 3.8) is 0 Å². The summed E-state index contributed by atoms with van der Waals surface area (Å²) < 4.78 is 0. The molecular formula is C6H11NOS. The van der Waals surface area contributed by atoms with Crippen LogP contribution in [0.25, 0.3) is 0 Å². The third-order valence-corrected chi connectivity index (χ3v) is 2.00. The van der Waals surface area contributed by atoms with Crippen LogP contribution in [0.1, 0.15) is 13.3 Å². The van der Waals surface area contributed by atoms with Crippen molar-refractivity contribution in [2.45, 2.75) is 18.6 Å². The van der Waals surface area contributed by atoms with Crippen molar-refractivity contribution in [2.75, 3.05) is 6.54 Å². The summed E-state index contributed by atoms with van der Waals surface area (Å²) in [5.74, 6) is 0.668. The number of amides is 1. The molecule has 0 aromatic carbocycles. The zero-order valence-electron chi connectivity index (χ0n) is 5.42. The Bertz CT molecular complexity index is 126. The van der Waals surface area contributed by atoms with Crippen LogP contribution in [0.3, 0.4) is 0 Å². The average molecular weight is 145 g/mol. The fourth-order valence-electron chi connectivity index (χ4n) is 0.964. The summed E-state index contributed by atoms with van der Waals surface area (Å²) in [5.41, 5.74) is 0. The summed E-state index contributed by atoms with van der Waals surface area (Å²) >= 11 is 4.10. The second-order valence-corrected chi connectivity index (χ2v) is 3.23. The first-order valence-electron chi connectivity index (χ1n) is 3.16. The van der Waals surface area contributed by atoms with Crippen molar-refractivity contribution in [3.05, 3.63) is 0 Å². The molecule has 0 bridgehead atoms. The number of carbonyl (C=O) groups is 1. The van der Waals surface area contributed by atoms with Gasteiger partial charge in [-0.2, -0.15) is 12.6 Å². The van der Waals surface area contributed by atoms with Gasteiger partial charge in [0.05, 0.1) is 5.25 Å². The van der Waals surface area contributed by atoms with Crippen molar-refractivity contribution in [2.24, 2.45) is 5.92 Å². The normalized spacial score (nSPS) is 36.0. The van der Waals surface area contributed by atoms with Crippen LogP contribution in [0.2, 0.25) is 0 Å². The molecule has 2 nitrogen and oxygen atoms in total. The minimum absolute atomic E-state index is 0.0752. The Morgan fingerprint density at radius 2 is 2.44 bits per heavy atom. The molecule has 1 fully saturated rings. The van der Waals surface area contributed by atoms with E-state index in [2.05, 4.69) is 24.9 Å². The van der Waals surface area contributed by atoms with Crippen LogP contribution in [0, 0.1) is 5.92 Å². The van der Waals surface area contributed by atoms with Crippen LogP contribution in [-0.4, -0.2) is 17.7 Å². The van der Waals surface area contributed by atoms with Crippen LogP contribution in [0.4, 0.5) is 0 Å². The molecule has 1 aliphatic rings. The van der Waals surface area contributed by atoms with Crippen molar-refractivity contribution >= 4 is 18.5 Å². The van der Waals surface area contributed by atoms with Gasteiger partial charge in [0, 0.05) is 6.54 Å². The van der Waals surface area contributed by atoms with E-state index in [0.29, 0.717) is 5.92 Å². The number of nitrogens with one attached hydrogen (secondary N) is 1. The minimum Gasteiger partial charge on any atom is -0.355 e. The predicted octanol–water partition coefficient (Wildman–Crippen LogP) is 0.441. The van der Waals surface area contributed by atoms with Gasteiger partial charge in [0.15, 0.2) is 0 Å². The molecule has 1 rings (SSSR count). The van der Waals surface area contributed by atoms with Gasteiger partial charge < -0.3 is 5.32 Å². The second kappa shape index (κ2) is 2.60. The molecule has 52 valence electrons. The number of thiol groups is 1. The monoisotopic (exact) mass is 145 g/mol. The van der Waals surface area contributed by atoms with Gasteiger partial charge in [0.25, 0.3) is 0 Å². The molecule has 0 saturated carbocycles. The zero-order chi connectivity index (χ0) is 6.85. The van der Waals surface area contributed by atoms with Gasteiger partial charge in [0.1, 0.15) is 0 Å². The van der Waals surface area contributed by atoms with E-state index in [1.807, 2.05) is 0 Å². The van der Waals surface area contributed by atoms with E-state index >= 15 is 0 Å². The van der Waals surface area contributed by atoms with E-state index < -0.39 is 0 Å². The molecule has 1 N–H and O–H groups in total. The Balaban J connectivity index is 2.44. The Hall–Kier alpha value is -0.180. The van der Waals surface area contributed by atoms with Crippen LogP contribution in [0.5, 0.6) is 0 Å². The number of carbonyl (C=O) groups excluding carboxylic acids is 1. The first-order valence-corrected chi connectivity index (χ1v) is 3.67. The van der Waals surface area contributed by atoms with Crippen LogP contribution in [0.15, 0.2) is 0 Å². The maximum Gasteiger partial charge on any atom is 0.232 e. The lowest BCUT2D eigenvalue weighted by Gasteiger charge is -2.22. The minimum atomic E-state index is -0.0752. The summed E-state index contributed by atoms with van der Waals surface area (Å²) in [4.78, 5) is 10.8. The Morgan fingerprint density at radius 1 is 1.78 bits per heavy atom. The molecule has 2 atom stereocenters. The van der Waals surface area contributed by atoms with Crippen LogP contribution < -0.4 is 5.32 Å². The first kappa shape index (κ1) is 6.93. The highest BCUT2D eigenvalue weighted by molar-refractivity contribution is 7.81. The molecule has 1 amide bonds. The van der Waals surface area contributed by atoms with Crippen LogP contribution in [-0.2, 0) is 4.79 Å². The molecule has 1 saturated heterocycles. The third-order valence-electron chi connectivity index (χ3n) is 1.55. The van der Waals surface area contributed by atoms with E-state index in [-0.39, 0.29) is 11.2 Å². The van der Waals surface area contributed by atoms with Gasteiger partial charge in [-0.15, -0.1) is 0 Å². The summed E-state index contributed by atoms with van der Waals surface area (Å²) in [7, 11) is 0. The molecule has 0 spiro atoms. The Morgan fingerprint density at radius 3 is 2.89 bits per heavy atom. The number of piperidine rings is 1. The maximum atomic E-state index is 10.8. The highest BCUT2D eigenvalue weighted by atomic mass is 32.1. The molecule has 0 radical (unpaired) electrons. The lowest BCUT2D eigenvalue weighted by atomic mass is 10.0. The van der Waals surface area contributed by atoms with E-state index in [1.165, 1.54) is 0 Å². The summed E-state index contributed by atoms with van der Waals surface area (Å²) in [5, 5.41) is 2.69. The molecule has 1 unspecified atom stereocenters. The van der Waals surface area contributed by atoms with Crippen molar-refractivity contribution < 1.29 is 4.79 Å². The van der Waals surface area contributed by atoms with Crippen molar-refractivity contribution in [3.8, 4) is 0 Å². The fourth-order valence-corrected chi connectivity index (χ4v) is 1.42. The van der Waals surface area contributed by atoms with Gasteiger partial charge in [-0.1, -0.05) is 6.92 Å². The highest BCUT2D eigenvalue weighted by Crippen LogP contribution is 2.14. The number of rotatable bonds is 0. The molecule has 9 heavy (non-hydrogen) atoms. The summed E-state index contributed by atoms with van der Waals surface area (Å²) in [6, 6.07) is 0. The molecule has 3 heteroatoms. The smallest absolute Gasteiger partial charge is 0.232 e. The lowest BCUT2D eigenvalue weighted by Crippen LogP contribution is -2.41. The van der Waals surface area contributed by atoms with E-state index in [1.54, 1.807) is 0 Å². The molecule has 1 heterocycles. The number of hydrogen-bond donors (Lipinski definition) is 2. The molecule has 0 aliphatic carbocycles. The number of hydrogen-bond acceptors (Lipinski definition) is 2. The highest BCUT2D eigenvalue weighted by Gasteiger charge is 2.22. The van der Waals surface area contributed by atoms with Crippen LogP contribution >= 0.6 is 12.6 Å². The van der Waals surface area contributed by atoms with Gasteiger partial charge in [-0.3, -0.25) is 4.79 Å². The Kier molecular flexibility index (Phi) is 2.01. The van der Waals surface area contributed by atoms with Gasteiger partial charge in [-0.05, 0) is 12.3 Å². The van der Waals surface area contributed by atoms with E-state index in [9.17, 15) is 4.79 Å². The van der Waals surface area contributed by atoms with Gasteiger partial charge in [-0.25, -0.2) is 0 Å². The fraction of sp³-hybridized carbons (Fsp3) is 0.833. The quantitative estimate of drug-likeness (QED) is 0.476. The predicted molar refractivity (Wildman–Crippen MR) is 39.6 cm³/mol. The standard InChI is InChI=1S/C6H11NOS/c1-4-2-5(9)6(8)7-3-4/h4-5,9H,2-3H2,1H3,(H,7,8)/t4?,5-/m1/s1. The average Bonchev–Trinajstić information content (AvgIpc) is 1.80. The van der Waals surface area contributed by atoms with Crippen molar-refractivity contribution in [1.29, 1.82) is 0 Å². The van der Waals surface area contributed by atoms with Crippen molar-refractivity contribution in [1.82, 2.24) is 5.32 Å². The third kappa shape index (κ3) is 1.61. The summed E-state index contributed by atoms with van der Waals surface area (Å²) in [6.07, 6.45) is 0.912. The first-order chi connectivity index (χ1) is 4.20. The Labute approximate surface area is 60.4 Å². The maximum absolute atomic E-state index is 10.8.